The molecule has 0 bridgehead atoms. The molecule has 0 aliphatic rings. The number of amides is 1. The molecule has 1 atom stereocenters. The second-order valence-corrected chi connectivity index (χ2v) is 4.56. The second-order valence-electron chi connectivity index (χ2n) is 4.13. The number of carboxylic acid groups (broad SMARTS) is 1. The van der Waals surface area contributed by atoms with Crippen molar-refractivity contribution in [1.29, 1.82) is 0 Å². The molecule has 0 saturated heterocycles. The van der Waals surface area contributed by atoms with Gasteiger partial charge in [-0.2, -0.15) is 0 Å². The van der Waals surface area contributed by atoms with Crippen molar-refractivity contribution in [2.24, 2.45) is 0 Å². The van der Waals surface area contributed by atoms with Gasteiger partial charge >= 0.3 is 5.97 Å². The maximum atomic E-state index is 11.9. The number of hydrogen-bond acceptors (Lipinski definition) is 4. The highest BCUT2D eigenvalue weighted by atomic mass is 35.5. The summed E-state index contributed by atoms with van der Waals surface area (Å²) in [4.78, 5) is 22.5. The van der Waals surface area contributed by atoms with E-state index >= 15 is 0 Å². The van der Waals surface area contributed by atoms with E-state index in [9.17, 15) is 9.59 Å². The minimum absolute atomic E-state index is 0.0804. The molecule has 0 fully saturated rings. The molecule has 1 heterocycles. The molecule has 2 rings (SSSR count). The number of rotatable bonds is 4. The SMILES string of the molecule is CC(NC(=O)c1cc(C(=O)O)on1)c1ccc(Cl)cc1. The smallest absolute Gasteiger partial charge is 0.374 e. The maximum absolute atomic E-state index is 11.9. The van der Waals surface area contributed by atoms with Crippen LogP contribution in [0.2, 0.25) is 5.02 Å². The summed E-state index contributed by atoms with van der Waals surface area (Å²) in [6, 6.07) is 7.82. The van der Waals surface area contributed by atoms with Gasteiger partial charge in [-0.15, -0.1) is 0 Å². The Hall–Kier alpha value is -2.34. The van der Waals surface area contributed by atoms with Crippen LogP contribution in [0.5, 0.6) is 0 Å². The minimum atomic E-state index is -1.28. The van der Waals surface area contributed by atoms with Gasteiger partial charge in [0, 0.05) is 11.1 Å². The Balaban J connectivity index is 2.06. The van der Waals surface area contributed by atoms with E-state index in [-0.39, 0.29) is 17.5 Å². The van der Waals surface area contributed by atoms with Crippen LogP contribution in [0, 0.1) is 0 Å². The van der Waals surface area contributed by atoms with E-state index in [1.54, 1.807) is 31.2 Å². The Morgan fingerprint density at radius 3 is 2.55 bits per heavy atom. The summed E-state index contributed by atoms with van der Waals surface area (Å²) in [5.41, 5.74) is 0.785. The van der Waals surface area contributed by atoms with Gasteiger partial charge in [-0.25, -0.2) is 4.79 Å². The molecule has 2 aromatic rings. The van der Waals surface area contributed by atoms with Crippen LogP contribution in [-0.4, -0.2) is 22.1 Å². The monoisotopic (exact) mass is 294 g/mol. The van der Waals surface area contributed by atoms with Crippen LogP contribution >= 0.6 is 11.6 Å². The van der Waals surface area contributed by atoms with Gasteiger partial charge in [-0.1, -0.05) is 28.9 Å². The number of aromatic nitrogens is 1. The summed E-state index contributed by atoms with van der Waals surface area (Å²) < 4.78 is 4.52. The van der Waals surface area contributed by atoms with Crippen molar-refractivity contribution < 1.29 is 19.2 Å². The first-order valence-corrected chi connectivity index (χ1v) is 6.11. The van der Waals surface area contributed by atoms with Crippen LogP contribution in [0.15, 0.2) is 34.9 Å². The first kappa shape index (κ1) is 14.1. The van der Waals surface area contributed by atoms with Crippen molar-refractivity contribution in [3.63, 3.8) is 0 Å². The third kappa shape index (κ3) is 3.16. The molecule has 0 aliphatic carbocycles. The zero-order valence-electron chi connectivity index (χ0n) is 10.5. The van der Waals surface area contributed by atoms with E-state index in [4.69, 9.17) is 16.7 Å². The molecule has 1 amide bonds. The average Bonchev–Trinajstić information content (AvgIpc) is 2.89. The molecule has 1 aromatic carbocycles. The topological polar surface area (TPSA) is 92.4 Å². The van der Waals surface area contributed by atoms with Crippen molar-refractivity contribution in [3.8, 4) is 0 Å². The van der Waals surface area contributed by atoms with Crippen LogP contribution < -0.4 is 5.32 Å². The third-order valence-corrected chi connectivity index (χ3v) is 2.92. The lowest BCUT2D eigenvalue weighted by Crippen LogP contribution is -2.26. The number of carboxylic acids is 1. The summed E-state index contributed by atoms with van der Waals surface area (Å²) in [7, 11) is 0. The zero-order chi connectivity index (χ0) is 14.7. The average molecular weight is 295 g/mol. The summed E-state index contributed by atoms with van der Waals surface area (Å²) in [5, 5.41) is 15.4. The molecule has 0 radical (unpaired) electrons. The Morgan fingerprint density at radius 1 is 1.35 bits per heavy atom. The van der Waals surface area contributed by atoms with Gasteiger partial charge < -0.3 is 14.9 Å². The maximum Gasteiger partial charge on any atom is 0.374 e. The van der Waals surface area contributed by atoms with E-state index in [0.717, 1.165) is 11.6 Å². The van der Waals surface area contributed by atoms with E-state index in [1.807, 2.05) is 0 Å². The van der Waals surface area contributed by atoms with Crippen LogP contribution in [0.25, 0.3) is 0 Å². The standard InChI is InChI=1S/C13H11ClN2O4/c1-7(8-2-4-9(14)5-3-8)15-12(17)10-6-11(13(18)19)20-16-10/h2-7H,1H3,(H,15,17)(H,18,19). The highest BCUT2D eigenvalue weighted by molar-refractivity contribution is 6.30. The van der Waals surface area contributed by atoms with E-state index in [1.165, 1.54) is 0 Å². The molecule has 2 N–H and O–H groups in total. The lowest BCUT2D eigenvalue weighted by Gasteiger charge is -2.13. The number of hydrogen-bond donors (Lipinski definition) is 2. The number of halogens is 1. The van der Waals surface area contributed by atoms with Gasteiger partial charge in [0.1, 0.15) is 0 Å². The Morgan fingerprint density at radius 2 is 2.00 bits per heavy atom. The van der Waals surface area contributed by atoms with E-state index in [0.29, 0.717) is 5.02 Å². The highest BCUT2D eigenvalue weighted by Gasteiger charge is 2.18. The fourth-order valence-corrected chi connectivity index (χ4v) is 1.71. The van der Waals surface area contributed by atoms with Gasteiger partial charge in [-0.3, -0.25) is 4.79 Å². The van der Waals surface area contributed by atoms with Gasteiger partial charge in [0.05, 0.1) is 6.04 Å². The largest absolute Gasteiger partial charge is 0.475 e. The summed E-state index contributed by atoms with van der Waals surface area (Å²) in [5.74, 6) is -2.17. The predicted octanol–water partition coefficient (Wildman–Crippen LogP) is 2.52. The normalized spacial score (nSPS) is 11.9. The summed E-state index contributed by atoms with van der Waals surface area (Å²) in [6.07, 6.45) is 0. The summed E-state index contributed by atoms with van der Waals surface area (Å²) >= 11 is 5.79. The van der Waals surface area contributed by atoms with E-state index < -0.39 is 11.9 Å². The van der Waals surface area contributed by atoms with Crippen molar-refractivity contribution in [2.45, 2.75) is 13.0 Å². The number of nitrogens with one attached hydrogen (secondary N) is 1. The summed E-state index contributed by atoms with van der Waals surface area (Å²) in [6.45, 7) is 1.79. The molecule has 0 aliphatic heterocycles. The van der Waals surface area contributed by atoms with E-state index in [2.05, 4.69) is 15.0 Å². The van der Waals surface area contributed by atoms with Crippen molar-refractivity contribution >= 4 is 23.5 Å². The van der Waals surface area contributed by atoms with Gasteiger partial charge in [0.15, 0.2) is 5.69 Å². The fraction of sp³-hybridized carbons (Fsp3) is 0.154. The van der Waals surface area contributed by atoms with Crippen molar-refractivity contribution in [2.75, 3.05) is 0 Å². The second kappa shape index (κ2) is 5.75. The van der Waals surface area contributed by atoms with Crippen LogP contribution in [0.3, 0.4) is 0 Å². The van der Waals surface area contributed by atoms with Gasteiger partial charge in [0.25, 0.3) is 5.91 Å². The zero-order valence-corrected chi connectivity index (χ0v) is 11.2. The third-order valence-electron chi connectivity index (χ3n) is 2.67. The number of aromatic carboxylic acids is 1. The molecule has 6 nitrogen and oxygen atoms in total. The Kier molecular flexibility index (Phi) is 4.05. The van der Waals surface area contributed by atoms with Crippen molar-refractivity contribution in [1.82, 2.24) is 10.5 Å². The quantitative estimate of drug-likeness (QED) is 0.904. The molecular weight excluding hydrogens is 284 g/mol. The predicted molar refractivity (Wildman–Crippen MR) is 70.8 cm³/mol. The number of carbonyl (C=O) groups is 2. The Bertz CT molecular complexity index is 636. The number of nitrogens with zero attached hydrogens (tertiary/aromatic N) is 1. The van der Waals surface area contributed by atoms with Crippen LogP contribution in [0.1, 0.15) is 39.6 Å². The van der Waals surface area contributed by atoms with Gasteiger partial charge in [0.2, 0.25) is 5.76 Å². The molecule has 7 heteroatoms. The fourth-order valence-electron chi connectivity index (χ4n) is 1.59. The number of carbonyl (C=O) groups excluding carboxylic acids is 1. The van der Waals surface area contributed by atoms with Gasteiger partial charge in [-0.05, 0) is 24.6 Å². The molecule has 1 aromatic heterocycles. The first-order valence-electron chi connectivity index (χ1n) is 5.73. The molecule has 1 unspecified atom stereocenters. The van der Waals surface area contributed by atoms with Crippen LogP contribution in [-0.2, 0) is 0 Å². The lowest BCUT2D eigenvalue weighted by molar-refractivity contribution is 0.0651. The first-order chi connectivity index (χ1) is 9.47. The number of benzene rings is 1. The molecular formula is C13H11ClN2O4. The molecule has 0 spiro atoms. The van der Waals surface area contributed by atoms with Crippen molar-refractivity contribution in [3.05, 3.63) is 52.4 Å². The minimum Gasteiger partial charge on any atom is -0.475 e. The lowest BCUT2D eigenvalue weighted by atomic mass is 10.1. The Labute approximate surface area is 119 Å². The van der Waals surface area contributed by atoms with Crippen LogP contribution in [0.4, 0.5) is 0 Å². The molecule has 0 saturated carbocycles. The molecule has 104 valence electrons. The molecule has 20 heavy (non-hydrogen) atoms. The highest BCUT2D eigenvalue weighted by Crippen LogP contribution is 2.16.